The largest absolute Gasteiger partial charge is 0.477 e. The van der Waals surface area contributed by atoms with Crippen LogP contribution in [0.25, 0.3) is 0 Å². The maximum atomic E-state index is 10.7. The Morgan fingerprint density at radius 3 is 2.02 bits per heavy atom. The second kappa shape index (κ2) is 26.7. The molecule has 0 radical (unpaired) electrons. The first-order chi connectivity index (χ1) is 21.1. The quantitative estimate of drug-likeness (QED) is 0.0568. The summed E-state index contributed by atoms with van der Waals surface area (Å²) in [5.41, 5.74) is 6.92. The number of nitrogens with two attached hydrogens (primary N) is 1. The number of pyridine rings is 1. The molecule has 0 amide bonds. The molecular weight excluding hydrogens is 908 g/mol. The molecule has 22 heteroatoms. The average molecular weight is 942 g/mol. The minimum Gasteiger partial charge on any atom is -0.477 e. The highest BCUT2D eigenvalue weighted by Crippen LogP contribution is 3.12. The van der Waals surface area contributed by atoms with Crippen molar-refractivity contribution >= 4 is 148 Å². The minimum atomic E-state index is -3.61. The summed E-state index contributed by atoms with van der Waals surface area (Å²) in [6.45, 7) is 1.04. The van der Waals surface area contributed by atoms with Gasteiger partial charge in [-0.05, 0) is 86.3 Å². The van der Waals surface area contributed by atoms with Crippen LogP contribution in [0.4, 0.5) is 5.69 Å². The summed E-state index contributed by atoms with van der Waals surface area (Å²) in [6.07, 6.45) is 5.35. The van der Waals surface area contributed by atoms with Gasteiger partial charge in [0.05, 0.1) is 18.4 Å². The first kappa shape index (κ1) is 47.0. The van der Waals surface area contributed by atoms with Gasteiger partial charge < -0.3 is 15.2 Å². The predicted octanol–water partition coefficient (Wildman–Crippen LogP) is 11.3. The summed E-state index contributed by atoms with van der Waals surface area (Å²) < 4.78 is 31.7. The lowest BCUT2D eigenvalue weighted by Crippen LogP contribution is -2.08. The van der Waals surface area contributed by atoms with E-state index < -0.39 is 9.05 Å². The van der Waals surface area contributed by atoms with Gasteiger partial charge in [-0.2, -0.15) is 0 Å². The molecule has 0 fully saturated rings. The van der Waals surface area contributed by atoms with Gasteiger partial charge in [-0.15, -0.1) is 60.0 Å². The van der Waals surface area contributed by atoms with Gasteiger partial charge >= 0.3 is 5.97 Å². The molecule has 7 nitrogen and oxygen atoms in total. The first-order valence-corrected chi connectivity index (χ1v) is 34.5. The molecule has 3 aromatic rings. The number of hydrogen-bond acceptors (Lipinski definition) is 7. The van der Waals surface area contributed by atoms with E-state index in [1.807, 2.05) is 24.3 Å². The molecule has 2 N–H and O–H groups in total. The standard InChI is InChI=1S/C9H10BrNO3.C8H7N.C6H4Cl2O2S.H13P11/c1-13-9(12)5-6-14-8-4-2-3-7(10)11-8;1-2-7-5-3-4-6-8(7)9;7-5-1-3-6(4-2-5)11(8,9)10;1-7-10(6)11(8(2)3)9(4)5/h2-4H,5-6H2,1H3;1,3-6H,9H2;1-4H;7H,1-6H2. The molecular formula is C23H34BrCl2N2O5P11S. The fourth-order valence-corrected chi connectivity index (χ4v) is 98.9. The summed E-state index contributed by atoms with van der Waals surface area (Å²) in [7, 11) is 21.7. The number of methoxy groups -OCH3 is 1. The van der Waals surface area contributed by atoms with E-state index in [1.165, 1.54) is 31.4 Å². The third-order valence-electron chi connectivity index (χ3n) is 4.42. The Labute approximate surface area is 304 Å². The molecule has 45 heavy (non-hydrogen) atoms. The smallest absolute Gasteiger partial charge is 0.308 e. The van der Waals surface area contributed by atoms with Crippen molar-refractivity contribution in [2.75, 3.05) is 19.5 Å². The first-order valence-electron chi connectivity index (χ1n) is 11.8. The van der Waals surface area contributed by atoms with Crippen LogP contribution in [-0.2, 0) is 18.6 Å². The van der Waals surface area contributed by atoms with Crippen LogP contribution in [0.15, 0.2) is 76.2 Å². The highest BCUT2D eigenvalue weighted by Gasteiger charge is 2.22. The van der Waals surface area contributed by atoms with Gasteiger partial charge in [0, 0.05) is 33.0 Å². The van der Waals surface area contributed by atoms with Crippen LogP contribution in [0.2, 0.25) is 5.02 Å². The summed E-state index contributed by atoms with van der Waals surface area (Å²) in [5, 5.41) is 0.481. The van der Waals surface area contributed by atoms with Crippen molar-refractivity contribution in [1.82, 2.24) is 4.98 Å². The molecule has 0 bridgehead atoms. The number of halogens is 3. The molecule has 0 saturated carbocycles. The lowest BCUT2D eigenvalue weighted by Gasteiger charge is -2.29. The van der Waals surface area contributed by atoms with E-state index in [9.17, 15) is 13.2 Å². The van der Waals surface area contributed by atoms with E-state index in [4.69, 9.17) is 39.2 Å². The van der Waals surface area contributed by atoms with Gasteiger partial charge in [0.15, 0.2) is 0 Å². The Hall–Kier alpha value is 1.96. The highest BCUT2D eigenvalue weighted by molar-refractivity contribution is 9.18. The third-order valence-corrected chi connectivity index (χ3v) is 65.5. The van der Waals surface area contributed by atoms with Crippen LogP contribution >= 0.6 is 128 Å². The molecule has 8 atom stereocenters. The van der Waals surface area contributed by atoms with Gasteiger partial charge in [-0.1, -0.05) is 43.7 Å². The van der Waals surface area contributed by atoms with E-state index in [0.29, 0.717) is 21.2 Å². The van der Waals surface area contributed by atoms with Crippen molar-refractivity contribution in [3.8, 4) is 18.2 Å². The average Bonchev–Trinajstić information content (AvgIpc) is 2.97. The summed E-state index contributed by atoms with van der Waals surface area (Å²) in [6, 6.07) is 18.3. The molecule has 0 aliphatic rings. The Bertz CT molecular complexity index is 1450. The number of aromatic nitrogens is 1. The number of para-hydroxylation sites is 1. The predicted molar refractivity (Wildman–Crippen MR) is 232 cm³/mol. The topological polar surface area (TPSA) is 109 Å². The van der Waals surface area contributed by atoms with Crippen LogP contribution in [0.1, 0.15) is 12.0 Å². The van der Waals surface area contributed by atoms with Crippen molar-refractivity contribution in [3.05, 3.63) is 81.9 Å². The second-order valence-electron chi connectivity index (χ2n) is 7.60. The molecule has 0 spiro atoms. The number of carbonyl (C=O) groups is 1. The van der Waals surface area contributed by atoms with Crippen LogP contribution < -0.4 is 10.5 Å². The molecule has 1 aromatic heterocycles. The van der Waals surface area contributed by atoms with E-state index in [1.54, 1.807) is 18.2 Å². The molecule has 0 aliphatic carbocycles. The summed E-state index contributed by atoms with van der Waals surface area (Å²) >= 11 is 8.74. The fraction of sp³-hybridized carbons (Fsp3) is 0.130. The maximum absolute atomic E-state index is 10.7. The Morgan fingerprint density at radius 1 is 1.04 bits per heavy atom. The van der Waals surface area contributed by atoms with Gasteiger partial charge in [0.1, 0.15) is 11.2 Å². The molecule has 1 heterocycles. The summed E-state index contributed by atoms with van der Waals surface area (Å²) in [5.74, 6) is 2.67. The normalized spacial score (nSPS) is 11.4. The summed E-state index contributed by atoms with van der Waals surface area (Å²) in [4.78, 5) is 14.8. The second-order valence-corrected chi connectivity index (χ2v) is 50.5. The lowest BCUT2D eigenvalue weighted by molar-refractivity contribution is -0.141. The van der Waals surface area contributed by atoms with Gasteiger partial charge in [-0.25, -0.2) is 13.4 Å². The third kappa shape index (κ3) is 22.4. The molecule has 2 aromatic carbocycles. The monoisotopic (exact) mass is 940 g/mol. The molecule has 0 saturated heterocycles. The molecule has 8 unspecified atom stereocenters. The zero-order valence-corrected chi connectivity index (χ0v) is 39.1. The highest BCUT2D eigenvalue weighted by atomic mass is 79.9. The van der Waals surface area contributed by atoms with Crippen molar-refractivity contribution < 1.29 is 22.7 Å². The van der Waals surface area contributed by atoms with Crippen LogP contribution in [0.3, 0.4) is 0 Å². The molecule has 248 valence electrons. The minimum absolute atomic E-state index is 0.0589. The number of anilines is 1. The van der Waals surface area contributed by atoms with Gasteiger partial charge in [-0.3, -0.25) is 4.79 Å². The number of carbonyl (C=O) groups excluding carboxylic acids is 1. The van der Waals surface area contributed by atoms with Crippen LogP contribution in [0.5, 0.6) is 5.88 Å². The Kier molecular flexibility index (Phi) is 27.9. The number of rotatable bonds is 9. The SMILES string of the molecule is C#Cc1ccccc1N.COC(=O)CCOc1cccc(Br)n1.O=S(=O)(Cl)c1ccc(Cl)cc1.PPP(P)P(P(P)P)P(P)P. The van der Waals surface area contributed by atoms with Crippen molar-refractivity contribution in [1.29, 1.82) is 0 Å². The maximum Gasteiger partial charge on any atom is 0.308 e. The lowest BCUT2D eigenvalue weighted by atomic mass is 10.2. The van der Waals surface area contributed by atoms with Crippen molar-refractivity contribution in [2.45, 2.75) is 11.3 Å². The number of nitrogens with zero attached hydrogens (tertiary/aromatic N) is 1. The number of terminal acetylenes is 1. The van der Waals surface area contributed by atoms with Crippen LogP contribution in [0, 0.1) is 12.3 Å². The van der Waals surface area contributed by atoms with Crippen molar-refractivity contribution in [2.24, 2.45) is 0 Å². The number of hydrogen-bond donors (Lipinski definition) is 1. The van der Waals surface area contributed by atoms with Gasteiger partial charge in [0.25, 0.3) is 9.05 Å². The number of nitrogen functional groups attached to an aromatic ring is 1. The van der Waals surface area contributed by atoms with E-state index in [0.717, 1.165) is 13.5 Å². The van der Waals surface area contributed by atoms with Crippen LogP contribution in [-0.4, -0.2) is 33.1 Å². The Morgan fingerprint density at radius 2 is 1.62 bits per heavy atom. The number of ether oxygens (including phenoxy) is 2. The number of benzene rings is 2. The van der Waals surface area contributed by atoms with Crippen molar-refractivity contribution in [3.63, 3.8) is 0 Å². The van der Waals surface area contributed by atoms with E-state index in [2.05, 4.69) is 85.1 Å². The fourth-order valence-electron chi connectivity index (χ4n) is 2.43. The zero-order valence-electron chi connectivity index (χ0n) is 23.7. The van der Waals surface area contributed by atoms with E-state index >= 15 is 0 Å². The Balaban J connectivity index is 0.000000580. The molecule has 3 rings (SSSR count). The van der Waals surface area contributed by atoms with Gasteiger partial charge in [0.2, 0.25) is 5.88 Å². The zero-order chi connectivity index (χ0) is 34.6. The van der Waals surface area contributed by atoms with E-state index in [-0.39, 0.29) is 51.8 Å². The number of esters is 1. The molecule has 0 aliphatic heterocycles.